The minimum Gasteiger partial charge on any atom is -0.396 e. The van der Waals surface area contributed by atoms with Crippen LogP contribution in [0.1, 0.15) is 57.2 Å². The molecule has 0 spiro atoms. The van der Waals surface area contributed by atoms with Crippen LogP contribution in [0.15, 0.2) is 65.8 Å². The molecule has 1 aliphatic heterocycles. The van der Waals surface area contributed by atoms with Crippen LogP contribution in [0, 0.1) is 5.92 Å². The number of hydrazone groups is 1. The van der Waals surface area contributed by atoms with Crippen LogP contribution in [-0.4, -0.2) is 48.6 Å². The van der Waals surface area contributed by atoms with E-state index in [1.165, 1.54) is 6.07 Å². The van der Waals surface area contributed by atoms with Crippen LogP contribution in [0.3, 0.4) is 0 Å². The molecule has 0 unspecified atom stereocenters. The quantitative estimate of drug-likeness (QED) is 0.129. The molecule has 0 atom stereocenters. The Balaban J connectivity index is 1.56. The van der Waals surface area contributed by atoms with E-state index < -0.39 is 28.6 Å². The van der Waals surface area contributed by atoms with Crippen molar-refractivity contribution in [2.45, 2.75) is 31.7 Å². The average Bonchev–Trinajstić information content (AvgIpc) is 2.98. The Bertz CT molecular complexity index is 1480. The summed E-state index contributed by atoms with van der Waals surface area (Å²) in [5, 5.41) is 15.3. The number of hydrogen-bond donors (Lipinski definition) is 3. The number of aliphatic hydroxyl groups excluding tert-OH is 1. The van der Waals surface area contributed by atoms with Crippen molar-refractivity contribution in [3.05, 3.63) is 93.5 Å². The Labute approximate surface area is 257 Å². The monoisotopic (exact) mass is 632 g/mol. The molecule has 1 fully saturated rings. The van der Waals surface area contributed by atoms with Crippen LogP contribution >= 0.6 is 23.4 Å². The molecule has 0 aromatic heterocycles. The summed E-state index contributed by atoms with van der Waals surface area (Å²) in [5.41, 5.74) is 4.02. The highest BCUT2D eigenvalue weighted by Crippen LogP contribution is 2.35. The van der Waals surface area contributed by atoms with Crippen LogP contribution < -0.4 is 15.6 Å². The van der Waals surface area contributed by atoms with E-state index in [1.54, 1.807) is 42.1 Å². The Morgan fingerprint density at radius 2 is 1.86 bits per heavy atom. The van der Waals surface area contributed by atoms with Crippen molar-refractivity contribution in [1.82, 2.24) is 5.43 Å². The standard InChI is InChI=1S/C31H32ClF3N4O3S/c1-20-9-11-39(12-10-20)24-6-8-28(37-29(41)23-4-2-3-22(15-23)19-43-14-13-40)25(17-24)30(42)38-36-18-21-5-7-27(32)26(16-21)31(33,34)35/h2-8,15-18,20,40H,9-14,19H2,1H3,(H,37,41)(H,38,42). The molecule has 3 aromatic rings. The summed E-state index contributed by atoms with van der Waals surface area (Å²) in [7, 11) is 0. The van der Waals surface area contributed by atoms with Crippen molar-refractivity contribution in [2.75, 3.05) is 35.7 Å². The van der Waals surface area contributed by atoms with Crippen molar-refractivity contribution in [3.63, 3.8) is 0 Å². The zero-order valence-electron chi connectivity index (χ0n) is 23.5. The summed E-state index contributed by atoms with van der Waals surface area (Å²) in [5.74, 6) is 0.774. The Kier molecular flexibility index (Phi) is 11.1. The van der Waals surface area contributed by atoms with E-state index in [-0.39, 0.29) is 23.4 Å². The molecular formula is C31H32ClF3N4O3S. The highest BCUT2D eigenvalue weighted by atomic mass is 35.5. The van der Waals surface area contributed by atoms with E-state index in [0.29, 0.717) is 23.0 Å². The Morgan fingerprint density at radius 1 is 1.09 bits per heavy atom. The highest BCUT2D eigenvalue weighted by Gasteiger charge is 2.33. The molecule has 7 nitrogen and oxygen atoms in total. The number of hydrogen-bond acceptors (Lipinski definition) is 6. The first-order valence-corrected chi connectivity index (χ1v) is 15.3. The third kappa shape index (κ3) is 8.98. The number of benzene rings is 3. The van der Waals surface area contributed by atoms with Gasteiger partial charge >= 0.3 is 6.18 Å². The van der Waals surface area contributed by atoms with E-state index in [2.05, 4.69) is 27.7 Å². The van der Waals surface area contributed by atoms with E-state index in [4.69, 9.17) is 16.7 Å². The molecule has 43 heavy (non-hydrogen) atoms. The number of rotatable bonds is 10. The lowest BCUT2D eigenvalue weighted by Crippen LogP contribution is -2.33. The van der Waals surface area contributed by atoms with E-state index in [0.717, 1.165) is 55.5 Å². The first-order valence-electron chi connectivity index (χ1n) is 13.7. The normalized spacial score (nSPS) is 14.2. The van der Waals surface area contributed by atoms with Gasteiger partial charge in [0.2, 0.25) is 0 Å². The molecule has 0 bridgehead atoms. The smallest absolute Gasteiger partial charge is 0.396 e. The van der Waals surface area contributed by atoms with Gasteiger partial charge in [-0.3, -0.25) is 9.59 Å². The maximum Gasteiger partial charge on any atom is 0.417 e. The number of aliphatic hydroxyl groups is 1. The fourth-order valence-electron chi connectivity index (χ4n) is 4.61. The van der Waals surface area contributed by atoms with E-state index in [9.17, 15) is 22.8 Å². The minimum absolute atomic E-state index is 0.0699. The SMILES string of the molecule is CC1CCN(c2ccc(NC(=O)c3cccc(CSCCO)c3)c(C(=O)NN=Cc3ccc(Cl)c(C(F)(F)F)c3)c2)CC1. The van der Waals surface area contributed by atoms with Crippen molar-refractivity contribution >= 4 is 52.8 Å². The third-order valence-corrected chi connectivity index (χ3v) is 8.35. The van der Waals surface area contributed by atoms with Gasteiger partial charge in [-0.25, -0.2) is 5.43 Å². The van der Waals surface area contributed by atoms with Crippen molar-refractivity contribution in [2.24, 2.45) is 11.0 Å². The first kappa shape index (κ1) is 32.4. The zero-order chi connectivity index (χ0) is 31.0. The molecule has 0 saturated carbocycles. The summed E-state index contributed by atoms with van der Waals surface area (Å²) < 4.78 is 39.7. The van der Waals surface area contributed by atoms with Gasteiger partial charge in [-0.05, 0) is 72.4 Å². The summed E-state index contributed by atoms with van der Waals surface area (Å²) >= 11 is 7.24. The van der Waals surface area contributed by atoms with Gasteiger partial charge in [0.15, 0.2) is 0 Å². The maximum absolute atomic E-state index is 13.3. The molecule has 228 valence electrons. The number of alkyl halides is 3. The predicted octanol–water partition coefficient (Wildman–Crippen LogP) is 6.84. The van der Waals surface area contributed by atoms with Crippen LogP contribution in [0.2, 0.25) is 5.02 Å². The molecule has 0 aliphatic carbocycles. The zero-order valence-corrected chi connectivity index (χ0v) is 25.0. The molecule has 3 aromatic carbocycles. The van der Waals surface area contributed by atoms with Crippen molar-refractivity contribution in [3.8, 4) is 0 Å². The molecular weight excluding hydrogens is 601 g/mol. The maximum atomic E-state index is 13.3. The predicted molar refractivity (Wildman–Crippen MR) is 166 cm³/mol. The van der Waals surface area contributed by atoms with Crippen LogP contribution in [-0.2, 0) is 11.9 Å². The van der Waals surface area contributed by atoms with Gasteiger partial charge < -0.3 is 15.3 Å². The second kappa shape index (κ2) is 14.8. The van der Waals surface area contributed by atoms with Crippen molar-refractivity contribution < 1.29 is 27.9 Å². The average molecular weight is 633 g/mol. The lowest BCUT2D eigenvalue weighted by atomic mass is 9.98. The van der Waals surface area contributed by atoms with Gasteiger partial charge in [-0.15, -0.1) is 0 Å². The number of carbonyl (C=O) groups excluding carboxylic acids is 2. The number of thioether (sulfide) groups is 1. The van der Waals surface area contributed by atoms with Crippen LogP contribution in [0.25, 0.3) is 0 Å². The molecule has 12 heteroatoms. The second-order valence-electron chi connectivity index (χ2n) is 10.3. The molecule has 2 amide bonds. The van der Waals surface area contributed by atoms with Crippen LogP contribution in [0.4, 0.5) is 24.5 Å². The van der Waals surface area contributed by atoms with Gasteiger partial charge in [-0.1, -0.05) is 36.7 Å². The van der Waals surface area contributed by atoms with E-state index >= 15 is 0 Å². The van der Waals surface area contributed by atoms with Gasteiger partial charge in [0.25, 0.3) is 11.8 Å². The summed E-state index contributed by atoms with van der Waals surface area (Å²) in [6.45, 7) is 3.92. The lowest BCUT2D eigenvalue weighted by molar-refractivity contribution is -0.137. The topological polar surface area (TPSA) is 94.0 Å². The van der Waals surface area contributed by atoms with Gasteiger partial charge in [0.05, 0.1) is 34.7 Å². The molecule has 1 saturated heterocycles. The highest BCUT2D eigenvalue weighted by molar-refractivity contribution is 7.98. The fraction of sp³-hybridized carbons (Fsp3) is 0.323. The van der Waals surface area contributed by atoms with Gasteiger partial charge in [0.1, 0.15) is 0 Å². The van der Waals surface area contributed by atoms with Crippen molar-refractivity contribution in [1.29, 1.82) is 0 Å². The number of nitrogens with zero attached hydrogens (tertiary/aromatic N) is 2. The second-order valence-corrected chi connectivity index (χ2v) is 11.8. The first-order chi connectivity index (χ1) is 20.5. The minimum atomic E-state index is -4.64. The molecule has 1 aliphatic rings. The molecule has 4 rings (SSSR count). The third-order valence-electron chi connectivity index (χ3n) is 7.01. The van der Waals surface area contributed by atoms with Crippen LogP contribution in [0.5, 0.6) is 0 Å². The largest absolute Gasteiger partial charge is 0.417 e. The number of piperidine rings is 1. The van der Waals surface area contributed by atoms with Gasteiger partial charge in [-0.2, -0.15) is 30.0 Å². The number of anilines is 2. The summed E-state index contributed by atoms with van der Waals surface area (Å²) in [6.07, 6.45) is -1.52. The van der Waals surface area contributed by atoms with E-state index in [1.807, 2.05) is 12.1 Å². The molecule has 0 radical (unpaired) electrons. The Hall–Kier alpha value is -3.54. The Morgan fingerprint density at radius 3 is 2.58 bits per heavy atom. The lowest BCUT2D eigenvalue weighted by Gasteiger charge is -2.32. The fourth-order valence-corrected chi connectivity index (χ4v) is 5.52. The summed E-state index contributed by atoms with van der Waals surface area (Å²) in [6, 6.07) is 15.6. The number of amides is 2. The number of carbonyl (C=O) groups is 2. The summed E-state index contributed by atoms with van der Waals surface area (Å²) in [4.78, 5) is 28.7. The van der Waals surface area contributed by atoms with Gasteiger partial charge in [0, 0.05) is 35.8 Å². The molecule has 3 N–H and O–H groups in total. The molecule has 1 heterocycles. The number of nitrogens with one attached hydrogen (secondary N) is 2. The number of halogens is 4.